The van der Waals surface area contributed by atoms with Crippen LogP contribution in [0.3, 0.4) is 0 Å². The van der Waals surface area contributed by atoms with Gasteiger partial charge in [-0.15, -0.1) is 0 Å². The molecule has 1 rings (SSSR count). The fourth-order valence-corrected chi connectivity index (χ4v) is 2.41. The number of urea groups is 1. The van der Waals surface area contributed by atoms with Crippen LogP contribution in [0.4, 0.5) is 4.79 Å². The molecule has 0 radical (unpaired) electrons. The SMILES string of the molecule is CCC[C@H](NC(=O)N1CCC(CNC(C)=O)CC1)C(=O)O. The molecule has 0 aromatic heterocycles. The van der Waals surface area contributed by atoms with Crippen LogP contribution in [-0.2, 0) is 9.59 Å². The molecule has 21 heavy (non-hydrogen) atoms. The zero-order valence-corrected chi connectivity index (χ0v) is 12.7. The average molecular weight is 299 g/mol. The maximum atomic E-state index is 12.0. The molecule has 1 aliphatic rings. The van der Waals surface area contributed by atoms with Crippen LogP contribution in [-0.4, -0.2) is 53.6 Å². The summed E-state index contributed by atoms with van der Waals surface area (Å²) in [7, 11) is 0. The lowest BCUT2D eigenvalue weighted by Gasteiger charge is -2.32. The highest BCUT2D eigenvalue weighted by atomic mass is 16.4. The Morgan fingerprint density at radius 3 is 2.38 bits per heavy atom. The molecule has 0 aliphatic carbocycles. The molecule has 1 atom stereocenters. The quantitative estimate of drug-likeness (QED) is 0.675. The van der Waals surface area contributed by atoms with Gasteiger partial charge < -0.3 is 20.6 Å². The highest BCUT2D eigenvalue weighted by molar-refractivity contribution is 5.82. The molecular weight excluding hydrogens is 274 g/mol. The second kappa shape index (κ2) is 8.49. The Morgan fingerprint density at radius 2 is 1.90 bits per heavy atom. The van der Waals surface area contributed by atoms with E-state index in [0.717, 1.165) is 12.8 Å². The van der Waals surface area contributed by atoms with Gasteiger partial charge in [0.2, 0.25) is 5.91 Å². The van der Waals surface area contributed by atoms with E-state index in [1.54, 1.807) is 4.90 Å². The number of carboxylic acids is 1. The van der Waals surface area contributed by atoms with Crippen LogP contribution in [0.5, 0.6) is 0 Å². The summed E-state index contributed by atoms with van der Waals surface area (Å²) in [4.78, 5) is 35.6. The average Bonchev–Trinajstić information content (AvgIpc) is 2.45. The molecule has 1 saturated heterocycles. The first kappa shape index (κ1) is 17.3. The Bertz CT molecular complexity index is 378. The van der Waals surface area contributed by atoms with Crippen molar-refractivity contribution in [3.63, 3.8) is 0 Å². The van der Waals surface area contributed by atoms with Crippen molar-refractivity contribution >= 4 is 17.9 Å². The lowest BCUT2D eigenvalue weighted by atomic mass is 9.97. The molecular formula is C14H25N3O4. The Labute approximate surface area is 125 Å². The Kier molecular flexibility index (Phi) is 6.98. The molecule has 7 nitrogen and oxygen atoms in total. The second-order valence-electron chi connectivity index (χ2n) is 5.50. The van der Waals surface area contributed by atoms with Crippen molar-refractivity contribution in [2.24, 2.45) is 5.92 Å². The number of rotatable bonds is 6. The maximum Gasteiger partial charge on any atom is 0.326 e. The summed E-state index contributed by atoms with van der Waals surface area (Å²) in [6.07, 6.45) is 2.77. The fraction of sp³-hybridized carbons (Fsp3) is 0.786. The second-order valence-corrected chi connectivity index (χ2v) is 5.50. The maximum absolute atomic E-state index is 12.0. The summed E-state index contributed by atoms with van der Waals surface area (Å²) in [5.41, 5.74) is 0. The van der Waals surface area contributed by atoms with Crippen LogP contribution in [0.15, 0.2) is 0 Å². The molecule has 1 fully saturated rings. The summed E-state index contributed by atoms with van der Waals surface area (Å²) in [6, 6.07) is -1.13. The Morgan fingerprint density at radius 1 is 1.29 bits per heavy atom. The van der Waals surface area contributed by atoms with Gasteiger partial charge >= 0.3 is 12.0 Å². The van der Waals surface area contributed by atoms with Gasteiger partial charge in [-0.2, -0.15) is 0 Å². The number of piperidine rings is 1. The first-order chi connectivity index (χ1) is 9.93. The first-order valence-electron chi connectivity index (χ1n) is 7.46. The molecule has 7 heteroatoms. The Hall–Kier alpha value is -1.79. The number of amides is 3. The van der Waals surface area contributed by atoms with Crippen LogP contribution in [0.2, 0.25) is 0 Å². The number of carboxylic acid groups (broad SMARTS) is 1. The lowest BCUT2D eigenvalue weighted by molar-refractivity contribution is -0.139. The number of nitrogens with zero attached hydrogens (tertiary/aromatic N) is 1. The van der Waals surface area contributed by atoms with E-state index < -0.39 is 12.0 Å². The summed E-state index contributed by atoms with van der Waals surface area (Å²) >= 11 is 0. The molecule has 120 valence electrons. The molecule has 0 aromatic rings. The van der Waals surface area contributed by atoms with E-state index in [1.165, 1.54) is 6.92 Å². The van der Waals surface area contributed by atoms with Crippen LogP contribution < -0.4 is 10.6 Å². The zero-order chi connectivity index (χ0) is 15.8. The summed E-state index contributed by atoms with van der Waals surface area (Å²) < 4.78 is 0. The van der Waals surface area contributed by atoms with Crippen molar-refractivity contribution in [2.45, 2.75) is 45.6 Å². The monoisotopic (exact) mass is 299 g/mol. The van der Waals surface area contributed by atoms with E-state index in [0.29, 0.717) is 38.4 Å². The highest BCUT2D eigenvalue weighted by Gasteiger charge is 2.26. The van der Waals surface area contributed by atoms with Crippen molar-refractivity contribution in [2.75, 3.05) is 19.6 Å². The van der Waals surface area contributed by atoms with Gasteiger partial charge in [0.25, 0.3) is 0 Å². The number of nitrogens with one attached hydrogen (secondary N) is 2. The van der Waals surface area contributed by atoms with Gasteiger partial charge in [0.1, 0.15) is 6.04 Å². The van der Waals surface area contributed by atoms with Crippen LogP contribution in [0.25, 0.3) is 0 Å². The van der Waals surface area contributed by atoms with Gasteiger partial charge in [-0.3, -0.25) is 4.79 Å². The number of hydrogen-bond acceptors (Lipinski definition) is 3. The summed E-state index contributed by atoms with van der Waals surface area (Å²) in [5, 5.41) is 14.4. The normalized spacial score (nSPS) is 17.1. The van der Waals surface area contributed by atoms with Crippen LogP contribution in [0, 0.1) is 5.92 Å². The summed E-state index contributed by atoms with van der Waals surface area (Å²) in [6.45, 7) is 5.19. The van der Waals surface area contributed by atoms with E-state index >= 15 is 0 Å². The molecule has 3 amide bonds. The third kappa shape index (κ3) is 6.01. The van der Waals surface area contributed by atoms with Crippen molar-refractivity contribution < 1.29 is 19.5 Å². The van der Waals surface area contributed by atoms with E-state index in [1.807, 2.05) is 6.92 Å². The summed E-state index contributed by atoms with van der Waals surface area (Å²) in [5.74, 6) is -0.659. The van der Waals surface area contributed by atoms with Crippen molar-refractivity contribution in [3.8, 4) is 0 Å². The van der Waals surface area contributed by atoms with E-state index in [2.05, 4.69) is 10.6 Å². The number of carbonyl (C=O) groups excluding carboxylic acids is 2. The highest BCUT2D eigenvalue weighted by Crippen LogP contribution is 2.16. The third-order valence-corrected chi connectivity index (χ3v) is 3.71. The molecule has 3 N–H and O–H groups in total. The molecule has 0 bridgehead atoms. The smallest absolute Gasteiger partial charge is 0.326 e. The lowest BCUT2D eigenvalue weighted by Crippen LogP contribution is -2.50. The largest absolute Gasteiger partial charge is 0.480 e. The number of carbonyl (C=O) groups is 3. The molecule has 0 aromatic carbocycles. The minimum absolute atomic E-state index is 0.0426. The van der Waals surface area contributed by atoms with Crippen molar-refractivity contribution in [1.82, 2.24) is 15.5 Å². The molecule has 0 unspecified atom stereocenters. The van der Waals surface area contributed by atoms with Gasteiger partial charge in [0.05, 0.1) is 0 Å². The van der Waals surface area contributed by atoms with Gasteiger partial charge in [-0.25, -0.2) is 9.59 Å². The van der Waals surface area contributed by atoms with Crippen LogP contribution >= 0.6 is 0 Å². The number of likely N-dealkylation sites (tertiary alicyclic amines) is 1. The third-order valence-electron chi connectivity index (χ3n) is 3.71. The van der Waals surface area contributed by atoms with Crippen LogP contribution in [0.1, 0.15) is 39.5 Å². The predicted octanol–water partition coefficient (Wildman–Crippen LogP) is 0.797. The van der Waals surface area contributed by atoms with E-state index in [-0.39, 0.29) is 11.9 Å². The molecule has 1 aliphatic heterocycles. The van der Waals surface area contributed by atoms with Gasteiger partial charge in [-0.05, 0) is 25.2 Å². The number of hydrogen-bond donors (Lipinski definition) is 3. The van der Waals surface area contributed by atoms with Crippen molar-refractivity contribution in [3.05, 3.63) is 0 Å². The van der Waals surface area contributed by atoms with E-state index in [4.69, 9.17) is 5.11 Å². The minimum atomic E-state index is -0.995. The Balaban J connectivity index is 2.37. The first-order valence-corrected chi connectivity index (χ1v) is 7.46. The fourth-order valence-electron chi connectivity index (χ4n) is 2.41. The standard InChI is InChI=1S/C14H25N3O4/c1-3-4-12(13(19)20)16-14(21)17-7-5-11(6-8-17)9-15-10(2)18/h11-12H,3-9H2,1-2H3,(H,15,18)(H,16,21)(H,19,20)/t12-/m0/s1. The van der Waals surface area contributed by atoms with Gasteiger partial charge in [0.15, 0.2) is 0 Å². The van der Waals surface area contributed by atoms with Gasteiger partial charge in [0, 0.05) is 26.6 Å². The van der Waals surface area contributed by atoms with Gasteiger partial charge in [-0.1, -0.05) is 13.3 Å². The number of aliphatic carboxylic acids is 1. The van der Waals surface area contributed by atoms with E-state index in [9.17, 15) is 14.4 Å². The molecule has 0 saturated carbocycles. The zero-order valence-electron chi connectivity index (χ0n) is 12.7. The minimum Gasteiger partial charge on any atom is -0.480 e. The predicted molar refractivity (Wildman–Crippen MR) is 77.8 cm³/mol. The topological polar surface area (TPSA) is 98.7 Å². The molecule has 1 heterocycles. The van der Waals surface area contributed by atoms with Crippen molar-refractivity contribution in [1.29, 1.82) is 0 Å². The molecule has 0 spiro atoms.